The van der Waals surface area contributed by atoms with Crippen molar-refractivity contribution in [2.24, 2.45) is 15.7 Å². The van der Waals surface area contributed by atoms with Gasteiger partial charge < -0.3 is 10.5 Å². The van der Waals surface area contributed by atoms with E-state index in [2.05, 4.69) is 9.98 Å². The van der Waals surface area contributed by atoms with Crippen LogP contribution in [0.15, 0.2) is 34.3 Å². The summed E-state index contributed by atoms with van der Waals surface area (Å²) >= 11 is 0. The van der Waals surface area contributed by atoms with Crippen molar-refractivity contribution in [2.45, 2.75) is 12.6 Å². The van der Waals surface area contributed by atoms with Gasteiger partial charge in [0, 0.05) is 23.4 Å². The lowest BCUT2D eigenvalue weighted by Crippen LogP contribution is -2.44. The zero-order chi connectivity index (χ0) is 12.0. The van der Waals surface area contributed by atoms with E-state index in [4.69, 9.17) is 10.5 Å². The molecule has 0 saturated carbocycles. The number of aliphatic imine (C=N–C) groups is 2. The van der Waals surface area contributed by atoms with Crippen LogP contribution in [-0.4, -0.2) is 24.7 Å². The Bertz CT molecular complexity index is 582. The second-order valence-electron chi connectivity index (χ2n) is 4.35. The van der Waals surface area contributed by atoms with Gasteiger partial charge in [-0.2, -0.15) is 0 Å². The minimum atomic E-state index is -0.740. The summed E-state index contributed by atoms with van der Waals surface area (Å²) in [5.74, 6) is 0.798. The lowest BCUT2D eigenvalue weighted by molar-refractivity contribution is 0.415. The predicted octanol–water partition coefficient (Wildman–Crippen LogP) is 1.92. The number of rotatable bonds is 1. The zero-order valence-electron chi connectivity index (χ0n) is 9.77. The first-order valence-corrected chi connectivity index (χ1v) is 5.44. The Morgan fingerprint density at radius 3 is 2.94 bits per heavy atom. The quantitative estimate of drug-likeness (QED) is 0.796. The summed E-state index contributed by atoms with van der Waals surface area (Å²) in [6.45, 7) is 1.86. The molecule has 1 atom stereocenters. The van der Waals surface area contributed by atoms with E-state index in [1.807, 2.05) is 31.2 Å². The maximum atomic E-state index is 6.11. The van der Waals surface area contributed by atoms with Crippen LogP contribution in [-0.2, 0) is 0 Å². The number of fused-ring (bicyclic) bond motifs is 3. The van der Waals surface area contributed by atoms with Crippen LogP contribution in [0.1, 0.15) is 12.5 Å². The number of methoxy groups -OCH3 is 1. The molecule has 4 nitrogen and oxygen atoms in total. The monoisotopic (exact) mass is 227 g/mol. The number of allylic oxidation sites excluding steroid dienone is 1. The smallest absolute Gasteiger partial charge is 0.148 e. The van der Waals surface area contributed by atoms with E-state index >= 15 is 0 Å². The molecule has 0 bridgehead atoms. The van der Waals surface area contributed by atoms with E-state index in [0.29, 0.717) is 0 Å². The molecule has 2 aliphatic rings. The van der Waals surface area contributed by atoms with Crippen molar-refractivity contribution in [3.05, 3.63) is 29.8 Å². The Hall–Kier alpha value is -1.94. The van der Waals surface area contributed by atoms with Gasteiger partial charge in [-0.05, 0) is 25.1 Å². The Balaban J connectivity index is 2.18. The van der Waals surface area contributed by atoms with E-state index in [0.717, 1.165) is 28.3 Å². The third-order valence-electron chi connectivity index (χ3n) is 3.05. The van der Waals surface area contributed by atoms with Gasteiger partial charge in [-0.15, -0.1) is 0 Å². The Morgan fingerprint density at radius 2 is 2.18 bits per heavy atom. The number of ether oxygens (including phenoxy) is 1. The van der Waals surface area contributed by atoms with Crippen LogP contribution in [0.4, 0.5) is 5.69 Å². The highest BCUT2D eigenvalue weighted by molar-refractivity contribution is 6.35. The van der Waals surface area contributed by atoms with Gasteiger partial charge in [-0.1, -0.05) is 0 Å². The van der Waals surface area contributed by atoms with Crippen LogP contribution < -0.4 is 10.5 Å². The van der Waals surface area contributed by atoms with Crippen LogP contribution in [0.2, 0.25) is 0 Å². The molecule has 0 aromatic heterocycles. The molecular weight excluding hydrogens is 214 g/mol. The van der Waals surface area contributed by atoms with Gasteiger partial charge in [0.2, 0.25) is 0 Å². The minimum Gasteiger partial charge on any atom is -0.497 e. The SMILES string of the molecule is COc1ccc2c(c1)N=C1C2=CC=NC1(C)N. The summed E-state index contributed by atoms with van der Waals surface area (Å²) in [6.07, 6.45) is 3.69. The average Bonchev–Trinajstić information content (AvgIpc) is 2.68. The number of nitrogens with two attached hydrogens (primary N) is 1. The van der Waals surface area contributed by atoms with E-state index in [1.165, 1.54) is 0 Å². The molecule has 0 spiro atoms. The number of hydrogen-bond acceptors (Lipinski definition) is 4. The second kappa shape index (κ2) is 3.28. The van der Waals surface area contributed by atoms with Crippen molar-refractivity contribution in [3.8, 4) is 5.75 Å². The first-order chi connectivity index (χ1) is 8.12. The molecule has 0 fully saturated rings. The highest BCUT2D eigenvalue weighted by Gasteiger charge is 2.34. The summed E-state index contributed by atoms with van der Waals surface area (Å²) < 4.78 is 5.19. The van der Waals surface area contributed by atoms with Crippen molar-refractivity contribution >= 4 is 23.2 Å². The van der Waals surface area contributed by atoms with Crippen LogP contribution >= 0.6 is 0 Å². The standard InChI is InChI=1S/C13H13N3O/c1-13(14)12-10(5-6-15-13)9-4-3-8(17-2)7-11(9)16-12/h3-7H,14H2,1-2H3. The number of dihydropyridines is 1. The summed E-state index contributed by atoms with van der Waals surface area (Å²) in [5.41, 5.74) is 9.24. The van der Waals surface area contributed by atoms with Gasteiger partial charge in [0.1, 0.15) is 11.4 Å². The summed E-state index contributed by atoms with van der Waals surface area (Å²) in [4.78, 5) is 8.81. The van der Waals surface area contributed by atoms with Crippen LogP contribution in [0, 0.1) is 0 Å². The minimum absolute atomic E-state index is 0.740. The Morgan fingerprint density at radius 1 is 1.35 bits per heavy atom. The highest BCUT2D eigenvalue weighted by Crippen LogP contribution is 2.40. The van der Waals surface area contributed by atoms with Gasteiger partial charge in [-0.25, -0.2) is 4.99 Å². The molecule has 3 rings (SSSR count). The maximum Gasteiger partial charge on any atom is 0.148 e. The van der Waals surface area contributed by atoms with Gasteiger partial charge in [0.15, 0.2) is 0 Å². The first-order valence-electron chi connectivity index (χ1n) is 5.44. The van der Waals surface area contributed by atoms with Crippen molar-refractivity contribution in [1.82, 2.24) is 0 Å². The van der Waals surface area contributed by atoms with Crippen molar-refractivity contribution < 1.29 is 4.74 Å². The van der Waals surface area contributed by atoms with E-state index in [-0.39, 0.29) is 0 Å². The molecule has 2 aliphatic heterocycles. The molecular formula is C13H13N3O. The second-order valence-corrected chi connectivity index (χ2v) is 4.35. The van der Waals surface area contributed by atoms with Crippen molar-refractivity contribution in [2.75, 3.05) is 7.11 Å². The van der Waals surface area contributed by atoms with E-state index in [9.17, 15) is 0 Å². The van der Waals surface area contributed by atoms with Crippen LogP contribution in [0.5, 0.6) is 5.75 Å². The third kappa shape index (κ3) is 1.41. The van der Waals surface area contributed by atoms with Crippen molar-refractivity contribution in [1.29, 1.82) is 0 Å². The Labute approximate surface area is 99.5 Å². The lowest BCUT2D eigenvalue weighted by atomic mass is 9.94. The largest absolute Gasteiger partial charge is 0.497 e. The molecule has 0 saturated heterocycles. The molecule has 1 aromatic carbocycles. The average molecular weight is 227 g/mol. The molecule has 2 heterocycles. The zero-order valence-corrected chi connectivity index (χ0v) is 9.77. The molecule has 4 heteroatoms. The molecule has 2 N–H and O–H groups in total. The summed E-state index contributed by atoms with van der Waals surface area (Å²) in [5, 5.41) is 0. The highest BCUT2D eigenvalue weighted by atomic mass is 16.5. The van der Waals surface area contributed by atoms with Gasteiger partial charge in [0.25, 0.3) is 0 Å². The van der Waals surface area contributed by atoms with E-state index in [1.54, 1.807) is 13.3 Å². The van der Waals surface area contributed by atoms with Crippen LogP contribution in [0.25, 0.3) is 5.57 Å². The third-order valence-corrected chi connectivity index (χ3v) is 3.05. The number of benzene rings is 1. The molecule has 17 heavy (non-hydrogen) atoms. The van der Waals surface area contributed by atoms with Gasteiger partial charge in [0.05, 0.1) is 18.5 Å². The number of nitrogens with zero attached hydrogens (tertiary/aromatic N) is 2. The van der Waals surface area contributed by atoms with E-state index < -0.39 is 5.66 Å². The Kier molecular flexibility index (Phi) is 1.97. The molecule has 0 radical (unpaired) electrons. The fourth-order valence-corrected chi connectivity index (χ4v) is 2.15. The lowest BCUT2D eigenvalue weighted by Gasteiger charge is -2.23. The first kappa shape index (κ1) is 10.2. The van der Waals surface area contributed by atoms with Gasteiger partial charge in [-0.3, -0.25) is 4.99 Å². The molecule has 1 unspecified atom stereocenters. The molecule has 0 amide bonds. The topological polar surface area (TPSA) is 60.0 Å². The summed E-state index contributed by atoms with van der Waals surface area (Å²) in [7, 11) is 1.65. The van der Waals surface area contributed by atoms with Gasteiger partial charge >= 0.3 is 0 Å². The molecule has 86 valence electrons. The summed E-state index contributed by atoms with van der Waals surface area (Å²) in [6, 6.07) is 5.85. The normalized spacial score (nSPS) is 24.9. The molecule has 0 aliphatic carbocycles. The number of hydrogen-bond donors (Lipinski definition) is 1. The molecule has 1 aromatic rings. The fourth-order valence-electron chi connectivity index (χ4n) is 2.15. The predicted molar refractivity (Wildman–Crippen MR) is 69.2 cm³/mol. The fraction of sp³-hybridized carbons (Fsp3) is 0.231. The maximum absolute atomic E-state index is 6.11. The van der Waals surface area contributed by atoms with Crippen molar-refractivity contribution in [3.63, 3.8) is 0 Å². The van der Waals surface area contributed by atoms with Crippen LogP contribution in [0.3, 0.4) is 0 Å².